The molecule has 3 rings (SSSR count). The van der Waals surface area contributed by atoms with E-state index in [0.29, 0.717) is 15.7 Å². The molecule has 0 saturated heterocycles. The summed E-state index contributed by atoms with van der Waals surface area (Å²) >= 11 is 1.34. The van der Waals surface area contributed by atoms with Crippen LogP contribution in [-0.4, -0.2) is 26.0 Å². The molecule has 0 spiro atoms. The number of amidine groups is 1. The number of pyridine rings is 1. The monoisotopic (exact) mass is 274 g/mol. The fourth-order valence-corrected chi connectivity index (χ4v) is 3.06. The Labute approximate surface area is 114 Å². The van der Waals surface area contributed by atoms with Gasteiger partial charge in [0.1, 0.15) is 16.7 Å². The Hall–Kier alpha value is -1.89. The lowest BCUT2D eigenvalue weighted by Crippen LogP contribution is -2.14. The summed E-state index contributed by atoms with van der Waals surface area (Å²) in [6, 6.07) is 1.99. The number of nitrogen functional groups attached to an aromatic ring is 1. The molecule has 6 nitrogen and oxygen atoms in total. The fourth-order valence-electron chi connectivity index (χ4n) is 2.18. The molecule has 2 aromatic heterocycles. The normalized spacial score (nSPS) is 13.5. The molecule has 0 unspecified atom stereocenters. The molecule has 2 aromatic rings. The van der Waals surface area contributed by atoms with E-state index in [0.717, 1.165) is 30.8 Å². The molecule has 0 radical (unpaired) electrons. The van der Waals surface area contributed by atoms with Crippen molar-refractivity contribution in [3.8, 4) is 0 Å². The van der Waals surface area contributed by atoms with Gasteiger partial charge in [-0.05, 0) is 49.6 Å². The van der Waals surface area contributed by atoms with Crippen LogP contribution in [0.25, 0.3) is 0 Å². The van der Waals surface area contributed by atoms with Crippen molar-refractivity contribution in [1.29, 1.82) is 5.41 Å². The Morgan fingerprint density at radius 1 is 1.42 bits per heavy atom. The van der Waals surface area contributed by atoms with Gasteiger partial charge in [0.25, 0.3) is 0 Å². The third-order valence-electron chi connectivity index (χ3n) is 3.07. The molecule has 0 amide bonds. The van der Waals surface area contributed by atoms with E-state index in [2.05, 4.69) is 20.2 Å². The van der Waals surface area contributed by atoms with Crippen molar-refractivity contribution in [3.05, 3.63) is 28.7 Å². The quantitative estimate of drug-likeness (QED) is 0.580. The number of hydrogen-bond donors (Lipinski definition) is 3. The molecule has 0 aliphatic heterocycles. The van der Waals surface area contributed by atoms with Crippen LogP contribution in [-0.2, 0) is 12.8 Å². The highest BCUT2D eigenvalue weighted by atomic mass is 32.2. The predicted octanol–water partition coefficient (Wildman–Crippen LogP) is 1.43. The van der Waals surface area contributed by atoms with Gasteiger partial charge in [0.05, 0.1) is 0 Å². The SMILES string of the molecule is Cc1nc(Sc2nc3c(cc2C(=N)N)CCC3)n[nH]1. The Morgan fingerprint density at radius 2 is 2.26 bits per heavy atom. The second-order valence-electron chi connectivity index (χ2n) is 4.52. The average molecular weight is 274 g/mol. The number of H-pyrrole nitrogens is 1. The molecule has 1 aliphatic rings. The van der Waals surface area contributed by atoms with Crippen LogP contribution in [0.3, 0.4) is 0 Å². The number of hydrogen-bond acceptors (Lipinski definition) is 5. The van der Waals surface area contributed by atoms with Crippen LogP contribution in [0.2, 0.25) is 0 Å². The van der Waals surface area contributed by atoms with Crippen LogP contribution in [0.15, 0.2) is 16.2 Å². The highest BCUT2D eigenvalue weighted by molar-refractivity contribution is 7.99. The van der Waals surface area contributed by atoms with Gasteiger partial charge in [-0.2, -0.15) is 0 Å². The van der Waals surface area contributed by atoms with Gasteiger partial charge >= 0.3 is 0 Å². The summed E-state index contributed by atoms with van der Waals surface area (Å²) in [5.41, 5.74) is 8.64. The highest BCUT2D eigenvalue weighted by Crippen LogP contribution is 2.30. The number of nitrogens with one attached hydrogen (secondary N) is 2. The van der Waals surface area contributed by atoms with Crippen LogP contribution >= 0.6 is 11.8 Å². The van der Waals surface area contributed by atoms with E-state index in [9.17, 15) is 0 Å². The first kappa shape index (κ1) is 12.2. The van der Waals surface area contributed by atoms with E-state index in [1.165, 1.54) is 17.3 Å². The number of aromatic nitrogens is 4. The van der Waals surface area contributed by atoms with E-state index < -0.39 is 0 Å². The first-order valence-electron chi connectivity index (χ1n) is 6.07. The van der Waals surface area contributed by atoms with E-state index >= 15 is 0 Å². The van der Waals surface area contributed by atoms with Gasteiger partial charge in [-0.3, -0.25) is 10.5 Å². The van der Waals surface area contributed by atoms with Gasteiger partial charge in [0, 0.05) is 11.3 Å². The number of fused-ring (bicyclic) bond motifs is 1. The summed E-state index contributed by atoms with van der Waals surface area (Å²) in [5.74, 6) is 0.796. The van der Waals surface area contributed by atoms with Crippen LogP contribution in [0.1, 0.15) is 29.1 Å². The van der Waals surface area contributed by atoms with Crippen molar-refractivity contribution in [2.75, 3.05) is 0 Å². The standard InChI is InChI=1S/C12H14N6S/c1-6-15-12(18-17-6)19-11-8(10(13)14)5-7-3-2-4-9(7)16-11/h5H,2-4H2,1H3,(H3,13,14)(H,15,17,18). The van der Waals surface area contributed by atoms with Crippen molar-refractivity contribution < 1.29 is 0 Å². The minimum absolute atomic E-state index is 0.0388. The molecule has 0 fully saturated rings. The van der Waals surface area contributed by atoms with E-state index in [1.54, 1.807) is 0 Å². The van der Waals surface area contributed by atoms with Gasteiger partial charge in [0.2, 0.25) is 5.16 Å². The van der Waals surface area contributed by atoms with Crippen LogP contribution < -0.4 is 5.73 Å². The molecule has 0 aromatic carbocycles. The summed E-state index contributed by atoms with van der Waals surface area (Å²) in [6.07, 6.45) is 3.13. The maximum atomic E-state index is 7.69. The van der Waals surface area contributed by atoms with Crippen molar-refractivity contribution in [1.82, 2.24) is 20.2 Å². The molecular formula is C12H14N6S. The minimum atomic E-state index is 0.0388. The molecule has 0 bridgehead atoms. The van der Waals surface area contributed by atoms with Gasteiger partial charge in [-0.1, -0.05) is 0 Å². The van der Waals surface area contributed by atoms with Crippen molar-refractivity contribution >= 4 is 17.6 Å². The van der Waals surface area contributed by atoms with Gasteiger partial charge in [0.15, 0.2) is 0 Å². The van der Waals surface area contributed by atoms with Crippen LogP contribution in [0.5, 0.6) is 0 Å². The maximum absolute atomic E-state index is 7.69. The zero-order chi connectivity index (χ0) is 13.4. The Morgan fingerprint density at radius 3 is 2.95 bits per heavy atom. The molecule has 98 valence electrons. The molecule has 0 saturated carbocycles. The number of nitrogens with two attached hydrogens (primary N) is 1. The molecule has 4 N–H and O–H groups in total. The molecule has 1 aliphatic carbocycles. The molecule has 19 heavy (non-hydrogen) atoms. The molecular weight excluding hydrogens is 260 g/mol. The zero-order valence-corrected chi connectivity index (χ0v) is 11.3. The Balaban J connectivity index is 2.01. The molecule has 7 heteroatoms. The first-order valence-corrected chi connectivity index (χ1v) is 6.89. The second-order valence-corrected chi connectivity index (χ2v) is 5.48. The maximum Gasteiger partial charge on any atom is 0.214 e. The second kappa shape index (κ2) is 4.65. The summed E-state index contributed by atoms with van der Waals surface area (Å²) in [7, 11) is 0. The number of aromatic amines is 1. The summed E-state index contributed by atoms with van der Waals surface area (Å²) in [5, 5.41) is 15.9. The molecule has 2 heterocycles. The zero-order valence-electron chi connectivity index (χ0n) is 10.5. The number of rotatable bonds is 3. The van der Waals surface area contributed by atoms with Crippen molar-refractivity contribution in [3.63, 3.8) is 0 Å². The largest absolute Gasteiger partial charge is 0.384 e. The smallest absolute Gasteiger partial charge is 0.214 e. The van der Waals surface area contributed by atoms with Crippen LogP contribution in [0.4, 0.5) is 0 Å². The summed E-state index contributed by atoms with van der Waals surface area (Å²) < 4.78 is 0. The first-order chi connectivity index (χ1) is 9.13. The fraction of sp³-hybridized carbons (Fsp3) is 0.333. The molecule has 0 atom stereocenters. The van der Waals surface area contributed by atoms with Gasteiger partial charge in [-0.25, -0.2) is 9.97 Å². The number of nitrogens with zero attached hydrogens (tertiary/aromatic N) is 3. The van der Waals surface area contributed by atoms with Crippen molar-refractivity contribution in [2.24, 2.45) is 5.73 Å². The third kappa shape index (κ3) is 2.33. The lowest BCUT2D eigenvalue weighted by Gasteiger charge is -2.08. The average Bonchev–Trinajstić information content (AvgIpc) is 2.96. The predicted molar refractivity (Wildman–Crippen MR) is 72.5 cm³/mol. The minimum Gasteiger partial charge on any atom is -0.384 e. The highest BCUT2D eigenvalue weighted by Gasteiger charge is 2.19. The van der Waals surface area contributed by atoms with Crippen LogP contribution in [0, 0.1) is 12.3 Å². The third-order valence-corrected chi connectivity index (χ3v) is 3.94. The Kier molecular flexibility index (Phi) is 2.98. The van der Waals surface area contributed by atoms with Gasteiger partial charge < -0.3 is 5.73 Å². The summed E-state index contributed by atoms with van der Waals surface area (Å²) in [4.78, 5) is 8.87. The Bertz CT molecular complexity index is 648. The number of aryl methyl sites for hydroxylation is 3. The van der Waals surface area contributed by atoms with E-state index in [-0.39, 0.29) is 5.84 Å². The summed E-state index contributed by atoms with van der Waals surface area (Å²) in [6.45, 7) is 1.85. The van der Waals surface area contributed by atoms with Gasteiger partial charge in [-0.15, -0.1) is 5.10 Å². The van der Waals surface area contributed by atoms with E-state index in [4.69, 9.17) is 11.1 Å². The van der Waals surface area contributed by atoms with Crippen molar-refractivity contribution in [2.45, 2.75) is 36.4 Å². The van der Waals surface area contributed by atoms with E-state index in [1.807, 2.05) is 13.0 Å². The lowest BCUT2D eigenvalue weighted by atomic mass is 10.1. The lowest BCUT2D eigenvalue weighted by molar-refractivity contribution is 0.889. The topological polar surface area (TPSA) is 104 Å².